The van der Waals surface area contributed by atoms with Crippen molar-refractivity contribution in [3.63, 3.8) is 0 Å². The number of fused-ring (bicyclic) bond motifs is 1. The number of alkyl carbamates (subject to hydrolysis) is 1. The second kappa shape index (κ2) is 5.30. The number of hydrogen-bond donors (Lipinski definition) is 2. The number of carbonyl (C=O) groups is 1. The van der Waals surface area contributed by atoms with Crippen molar-refractivity contribution in [3.05, 3.63) is 29.6 Å². The number of aromatic nitrogens is 1. The first-order valence-corrected chi connectivity index (χ1v) is 7.62. The van der Waals surface area contributed by atoms with E-state index in [2.05, 4.69) is 21.7 Å². The van der Waals surface area contributed by atoms with Gasteiger partial charge in [0.2, 0.25) is 0 Å². The van der Waals surface area contributed by atoms with Gasteiger partial charge in [-0.15, -0.1) is 0 Å². The molecule has 5 heteroatoms. The van der Waals surface area contributed by atoms with Crippen LogP contribution in [0.15, 0.2) is 18.3 Å². The quantitative estimate of drug-likeness (QED) is 0.896. The molecule has 0 aromatic carbocycles. The van der Waals surface area contributed by atoms with Crippen molar-refractivity contribution in [1.29, 1.82) is 0 Å². The molecule has 2 aliphatic rings. The number of nitrogens with one attached hydrogen (secondary N) is 2. The Hall–Kier alpha value is -1.62. The molecule has 0 bridgehead atoms. The second-order valence-corrected chi connectivity index (χ2v) is 6.90. The molecule has 21 heavy (non-hydrogen) atoms. The van der Waals surface area contributed by atoms with Gasteiger partial charge in [0.1, 0.15) is 5.60 Å². The Kier molecular flexibility index (Phi) is 3.61. The maximum Gasteiger partial charge on any atom is 0.407 e. The first-order valence-electron chi connectivity index (χ1n) is 7.62. The van der Waals surface area contributed by atoms with Crippen molar-refractivity contribution < 1.29 is 9.53 Å². The van der Waals surface area contributed by atoms with Gasteiger partial charge in [-0.25, -0.2) is 4.79 Å². The molecule has 2 aliphatic carbocycles. The fourth-order valence-electron chi connectivity index (χ4n) is 2.83. The summed E-state index contributed by atoms with van der Waals surface area (Å²) in [5.74, 6) is 0. The van der Waals surface area contributed by atoms with E-state index in [-0.39, 0.29) is 12.1 Å². The average Bonchev–Trinajstić information content (AvgIpc) is 2.96. The normalized spacial score (nSPS) is 27.1. The zero-order valence-corrected chi connectivity index (χ0v) is 12.8. The summed E-state index contributed by atoms with van der Waals surface area (Å²) < 4.78 is 5.27. The van der Waals surface area contributed by atoms with E-state index >= 15 is 0 Å². The molecule has 0 spiro atoms. The molecule has 114 valence electrons. The van der Waals surface area contributed by atoms with Crippen LogP contribution in [0, 0.1) is 0 Å². The van der Waals surface area contributed by atoms with E-state index in [0.29, 0.717) is 12.1 Å². The summed E-state index contributed by atoms with van der Waals surface area (Å²) in [6, 6.07) is 4.96. The Balaban J connectivity index is 1.48. The molecule has 3 atom stereocenters. The van der Waals surface area contributed by atoms with Crippen LogP contribution < -0.4 is 10.6 Å². The summed E-state index contributed by atoms with van der Waals surface area (Å²) in [7, 11) is 0. The van der Waals surface area contributed by atoms with Gasteiger partial charge in [-0.1, -0.05) is 6.07 Å². The number of hydrogen-bond acceptors (Lipinski definition) is 4. The average molecular weight is 289 g/mol. The van der Waals surface area contributed by atoms with Crippen LogP contribution in [0.5, 0.6) is 0 Å². The molecule has 1 aromatic rings. The summed E-state index contributed by atoms with van der Waals surface area (Å²) in [5, 5.41) is 6.51. The van der Waals surface area contributed by atoms with Gasteiger partial charge >= 0.3 is 6.09 Å². The maximum absolute atomic E-state index is 11.7. The van der Waals surface area contributed by atoms with E-state index in [1.165, 1.54) is 11.3 Å². The number of carbonyl (C=O) groups excluding carboxylic acids is 1. The molecule has 3 rings (SSSR count). The fraction of sp³-hybridized carbons (Fsp3) is 0.625. The zero-order valence-electron chi connectivity index (χ0n) is 12.8. The molecule has 1 fully saturated rings. The number of pyridine rings is 1. The van der Waals surface area contributed by atoms with Gasteiger partial charge in [-0.3, -0.25) is 4.98 Å². The van der Waals surface area contributed by atoms with Crippen molar-refractivity contribution in [2.75, 3.05) is 0 Å². The molecule has 1 amide bonds. The Morgan fingerprint density at radius 1 is 1.38 bits per heavy atom. The third kappa shape index (κ3) is 3.53. The van der Waals surface area contributed by atoms with Crippen molar-refractivity contribution in [2.45, 2.75) is 63.8 Å². The van der Waals surface area contributed by atoms with Crippen LogP contribution in [0.1, 0.15) is 50.9 Å². The predicted octanol–water partition coefficient (Wildman–Crippen LogP) is 2.32. The van der Waals surface area contributed by atoms with Crippen LogP contribution in [0.3, 0.4) is 0 Å². The third-order valence-corrected chi connectivity index (χ3v) is 3.87. The van der Waals surface area contributed by atoms with Crippen LogP contribution in [-0.2, 0) is 11.2 Å². The van der Waals surface area contributed by atoms with Crippen LogP contribution in [-0.4, -0.2) is 28.8 Å². The van der Waals surface area contributed by atoms with Crippen LogP contribution >= 0.6 is 0 Å². The number of nitrogens with zero attached hydrogens (tertiary/aromatic N) is 1. The fourth-order valence-corrected chi connectivity index (χ4v) is 2.83. The highest BCUT2D eigenvalue weighted by Crippen LogP contribution is 2.33. The number of rotatable bonds is 3. The van der Waals surface area contributed by atoms with Crippen LogP contribution in [0.4, 0.5) is 4.79 Å². The van der Waals surface area contributed by atoms with Gasteiger partial charge in [0.05, 0.1) is 11.7 Å². The van der Waals surface area contributed by atoms with Crippen molar-refractivity contribution >= 4 is 6.09 Å². The minimum Gasteiger partial charge on any atom is -0.444 e. The molecule has 1 aromatic heterocycles. The van der Waals surface area contributed by atoms with E-state index < -0.39 is 5.60 Å². The van der Waals surface area contributed by atoms with Crippen LogP contribution in [0.25, 0.3) is 0 Å². The number of aryl methyl sites for hydroxylation is 1. The maximum atomic E-state index is 11.7. The van der Waals surface area contributed by atoms with Gasteiger partial charge in [-0.2, -0.15) is 0 Å². The molecule has 5 nitrogen and oxygen atoms in total. The van der Waals surface area contributed by atoms with E-state index in [4.69, 9.17) is 4.74 Å². The van der Waals surface area contributed by atoms with E-state index in [1.807, 2.05) is 33.0 Å². The highest BCUT2D eigenvalue weighted by molar-refractivity contribution is 5.68. The van der Waals surface area contributed by atoms with Gasteiger partial charge < -0.3 is 15.4 Å². The lowest BCUT2D eigenvalue weighted by Gasteiger charge is -2.20. The van der Waals surface area contributed by atoms with E-state index in [1.54, 1.807) is 0 Å². The lowest BCUT2D eigenvalue weighted by atomic mass is 10.2. The number of amides is 1. The Morgan fingerprint density at radius 3 is 2.95 bits per heavy atom. The van der Waals surface area contributed by atoms with Crippen molar-refractivity contribution in [1.82, 2.24) is 15.6 Å². The first-order chi connectivity index (χ1) is 9.92. The number of ether oxygens (including phenoxy) is 1. The lowest BCUT2D eigenvalue weighted by Crippen LogP contribution is -2.37. The largest absolute Gasteiger partial charge is 0.444 e. The van der Waals surface area contributed by atoms with E-state index in [9.17, 15) is 4.79 Å². The molecule has 3 unspecified atom stereocenters. The minimum atomic E-state index is -0.448. The van der Waals surface area contributed by atoms with Gasteiger partial charge in [0.15, 0.2) is 0 Å². The molecule has 0 saturated heterocycles. The summed E-state index contributed by atoms with van der Waals surface area (Å²) in [4.78, 5) is 16.2. The predicted molar refractivity (Wildman–Crippen MR) is 80.0 cm³/mol. The van der Waals surface area contributed by atoms with Crippen molar-refractivity contribution in [2.24, 2.45) is 0 Å². The molecule has 0 radical (unpaired) electrons. The standard InChI is InChI=1S/C16H23N3O2/c1-16(2,3)21-15(20)19-13-9-12(13)18-11-7-6-10-5-4-8-17-14(10)11/h4-5,8,11-13,18H,6-7,9H2,1-3H3,(H,19,20). The first kappa shape index (κ1) is 14.3. The minimum absolute atomic E-state index is 0.174. The monoisotopic (exact) mass is 289 g/mol. The molecule has 1 heterocycles. The third-order valence-electron chi connectivity index (χ3n) is 3.87. The van der Waals surface area contributed by atoms with Crippen molar-refractivity contribution in [3.8, 4) is 0 Å². The molecule has 0 aliphatic heterocycles. The van der Waals surface area contributed by atoms with Gasteiger partial charge in [0.25, 0.3) is 0 Å². The molecule has 2 N–H and O–H groups in total. The molecular weight excluding hydrogens is 266 g/mol. The van der Waals surface area contributed by atoms with Gasteiger partial charge in [0, 0.05) is 18.3 Å². The Morgan fingerprint density at radius 2 is 2.19 bits per heavy atom. The topological polar surface area (TPSA) is 63.2 Å². The highest BCUT2D eigenvalue weighted by Gasteiger charge is 2.41. The zero-order chi connectivity index (χ0) is 15.0. The summed E-state index contributed by atoms with van der Waals surface area (Å²) in [5.41, 5.74) is 2.06. The highest BCUT2D eigenvalue weighted by atomic mass is 16.6. The van der Waals surface area contributed by atoms with Crippen LogP contribution in [0.2, 0.25) is 0 Å². The second-order valence-electron chi connectivity index (χ2n) is 6.90. The summed E-state index contributed by atoms with van der Waals surface area (Å²) >= 11 is 0. The molecular formula is C16H23N3O2. The lowest BCUT2D eigenvalue weighted by molar-refractivity contribution is 0.0522. The van der Waals surface area contributed by atoms with E-state index in [0.717, 1.165) is 19.3 Å². The Bertz CT molecular complexity index is 539. The summed E-state index contributed by atoms with van der Waals surface area (Å²) in [6.45, 7) is 5.61. The summed E-state index contributed by atoms with van der Waals surface area (Å²) in [6.07, 6.45) is 4.64. The Labute approximate surface area is 125 Å². The van der Waals surface area contributed by atoms with Gasteiger partial charge in [-0.05, 0) is 51.7 Å². The molecule has 1 saturated carbocycles. The SMILES string of the molecule is CC(C)(C)OC(=O)NC1CC1NC1CCc2cccnc21. The smallest absolute Gasteiger partial charge is 0.407 e.